The first-order valence-electron chi connectivity index (χ1n) is 8.08. The van der Waals surface area contributed by atoms with Crippen LogP contribution in [0.3, 0.4) is 0 Å². The van der Waals surface area contributed by atoms with Gasteiger partial charge >= 0.3 is 10.2 Å². The summed E-state index contributed by atoms with van der Waals surface area (Å²) in [7, 11) is 0.355. The van der Waals surface area contributed by atoms with Gasteiger partial charge < -0.3 is 10.1 Å². The molecule has 1 aromatic heterocycles. The van der Waals surface area contributed by atoms with Crippen molar-refractivity contribution in [2.24, 2.45) is 11.4 Å². The molecule has 1 N–H and O–H groups in total. The van der Waals surface area contributed by atoms with Crippen molar-refractivity contribution < 1.29 is 17.9 Å². The highest BCUT2D eigenvalue weighted by molar-refractivity contribution is 7.88. The Balaban J connectivity index is 2.02. The van der Waals surface area contributed by atoms with Crippen molar-refractivity contribution in [3.63, 3.8) is 0 Å². The maximum atomic E-state index is 12.9. The molecule has 0 unspecified atom stereocenters. The normalized spacial score (nSPS) is 15.7. The van der Waals surface area contributed by atoms with Crippen LogP contribution in [0.4, 0.5) is 5.69 Å². The minimum absolute atomic E-state index is 0.102. The maximum absolute atomic E-state index is 12.9. The Morgan fingerprint density at radius 2 is 2.00 bits per heavy atom. The SMILES string of the molecule is COc1ccc(Cl)cc1NC(=O)C1=CC(c2cnn(C)c2C)=NS(=O)(=O)N1C. The fraction of sp³-hybridized carbons (Fsp3) is 0.235. The van der Waals surface area contributed by atoms with Gasteiger partial charge in [-0.05, 0) is 31.2 Å². The standard InChI is InChI=1S/C17H18ClN5O4S/c1-10-12(9-19-22(10)2)13-8-15(23(3)28(25,26)21-13)17(24)20-14-7-11(18)5-6-16(14)27-4/h5-9H,1-4H3,(H,20,24). The van der Waals surface area contributed by atoms with Crippen molar-refractivity contribution in [3.8, 4) is 5.75 Å². The van der Waals surface area contributed by atoms with Crippen LogP contribution >= 0.6 is 11.6 Å². The predicted octanol–water partition coefficient (Wildman–Crippen LogP) is 1.89. The number of ether oxygens (including phenoxy) is 1. The number of carbonyl (C=O) groups is 1. The monoisotopic (exact) mass is 423 g/mol. The molecular formula is C17H18ClN5O4S. The van der Waals surface area contributed by atoms with Crippen molar-refractivity contribution in [2.45, 2.75) is 6.92 Å². The average Bonchev–Trinajstić information content (AvgIpc) is 2.96. The van der Waals surface area contributed by atoms with E-state index in [9.17, 15) is 13.2 Å². The van der Waals surface area contributed by atoms with Crippen molar-refractivity contribution in [3.05, 3.63) is 52.4 Å². The highest BCUT2D eigenvalue weighted by Crippen LogP contribution is 2.29. The Morgan fingerprint density at radius 3 is 2.61 bits per heavy atom. The molecule has 1 aliphatic heterocycles. The topological polar surface area (TPSA) is 106 Å². The Labute approximate surface area is 167 Å². The lowest BCUT2D eigenvalue weighted by Gasteiger charge is -2.23. The number of anilines is 1. The number of aromatic nitrogens is 2. The van der Waals surface area contributed by atoms with Gasteiger partial charge in [-0.2, -0.15) is 13.5 Å². The van der Waals surface area contributed by atoms with E-state index in [0.29, 0.717) is 27.7 Å². The first-order chi connectivity index (χ1) is 13.1. The zero-order valence-corrected chi connectivity index (χ0v) is 17.2. The summed E-state index contributed by atoms with van der Waals surface area (Å²) in [4.78, 5) is 12.9. The summed E-state index contributed by atoms with van der Waals surface area (Å²) in [5, 5.41) is 7.12. The third kappa shape index (κ3) is 3.60. The van der Waals surface area contributed by atoms with Crippen LogP contribution < -0.4 is 10.1 Å². The molecule has 11 heteroatoms. The first kappa shape index (κ1) is 19.9. The number of benzene rings is 1. The molecule has 2 heterocycles. The van der Waals surface area contributed by atoms with E-state index in [1.807, 2.05) is 0 Å². The fourth-order valence-corrected chi connectivity index (χ4v) is 3.68. The molecule has 0 aliphatic carbocycles. The molecule has 3 rings (SSSR count). The van der Waals surface area contributed by atoms with Gasteiger partial charge in [0.25, 0.3) is 5.91 Å². The molecule has 1 amide bonds. The molecule has 1 aliphatic rings. The fourth-order valence-electron chi connectivity index (χ4n) is 2.61. The van der Waals surface area contributed by atoms with Gasteiger partial charge in [-0.3, -0.25) is 9.48 Å². The quantitative estimate of drug-likeness (QED) is 0.808. The van der Waals surface area contributed by atoms with E-state index in [2.05, 4.69) is 14.8 Å². The third-order valence-electron chi connectivity index (χ3n) is 4.33. The molecule has 0 saturated heterocycles. The van der Waals surface area contributed by atoms with E-state index in [1.165, 1.54) is 32.5 Å². The van der Waals surface area contributed by atoms with Gasteiger partial charge in [-0.15, -0.1) is 4.40 Å². The van der Waals surface area contributed by atoms with Crippen molar-refractivity contribution in [2.75, 3.05) is 19.5 Å². The van der Waals surface area contributed by atoms with Gasteiger partial charge in [0.2, 0.25) is 0 Å². The van der Waals surface area contributed by atoms with E-state index >= 15 is 0 Å². The minimum atomic E-state index is -4.08. The van der Waals surface area contributed by atoms with Crippen LogP contribution in [-0.4, -0.2) is 48.3 Å². The van der Waals surface area contributed by atoms with Crippen LogP contribution in [0.2, 0.25) is 5.02 Å². The molecule has 148 valence electrons. The zero-order chi connectivity index (χ0) is 20.6. The van der Waals surface area contributed by atoms with E-state index in [1.54, 1.807) is 30.8 Å². The van der Waals surface area contributed by atoms with E-state index in [-0.39, 0.29) is 11.4 Å². The number of rotatable bonds is 4. The number of carbonyl (C=O) groups excluding carboxylic acids is 1. The average molecular weight is 424 g/mol. The van der Waals surface area contributed by atoms with Gasteiger partial charge in [0, 0.05) is 30.4 Å². The van der Waals surface area contributed by atoms with Crippen molar-refractivity contribution >= 4 is 39.1 Å². The summed E-state index contributed by atoms with van der Waals surface area (Å²) in [5.41, 5.74) is 1.58. The lowest BCUT2D eigenvalue weighted by molar-refractivity contribution is -0.113. The van der Waals surface area contributed by atoms with Gasteiger partial charge in [-0.25, -0.2) is 4.31 Å². The molecule has 0 spiro atoms. The lowest BCUT2D eigenvalue weighted by Crippen LogP contribution is -2.35. The minimum Gasteiger partial charge on any atom is -0.495 e. The number of hydrogen-bond donors (Lipinski definition) is 1. The van der Waals surface area contributed by atoms with Crippen molar-refractivity contribution in [1.29, 1.82) is 0 Å². The molecule has 0 bridgehead atoms. The number of likely N-dealkylation sites (N-methyl/N-ethyl adjacent to an activating group) is 1. The largest absolute Gasteiger partial charge is 0.495 e. The molecule has 0 atom stereocenters. The van der Waals surface area contributed by atoms with Gasteiger partial charge in [0.15, 0.2) is 0 Å². The number of hydrogen-bond acceptors (Lipinski definition) is 5. The molecule has 1 aromatic carbocycles. The number of methoxy groups -OCH3 is 1. The van der Waals surface area contributed by atoms with Crippen LogP contribution in [0, 0.1) is 6.92 Å². The molecule has 0 saturated carbocycles. The van der Waals surface area contributed by atoms with Gasteiger partial charge in [-0.1, -0.05) is 11.6 Å². The number of allylic oxidation sites excluding steroid dienone is 1. The summed E-state index contributed by atoms with van der Waals surface area (Å²) in [5.74, 6) is -0.266. The summed E-state index contributed by atoms with van der Waals surface area (Å²) in [6.07, 6.45) is 2.90. The van der Waals surface area contributed by atoms with Crippen LogP contribution in [0.25, 0.3) is 0 Å². The number of nitrogens with one attached hydrogen (secondary N) is 1. The Kier molecular flexibility index (Phi) is 5.18. The van der Waals surface area contributed by atoms with Crippen molar-refractivity contribution in [1.82, 2.24) is 14.1 Å². The zero-order valence-electron chi connectivity index (χ0n) is 15.6. The summed E-state index contributed by atoms with van der Waals surface area (Å²) >= 11 is 5.98. The lowest BCUT2D eigenvalue weighted by atomic mass is 10.1. The smallest absolute Gasteiger partial charge is 0.345 e. The van der Waals surface area contributed by atoms with Crippen LogP contribution in [-0.2, 0) is 22.1 Å². The molecule has 2 aromatic rings. The number of aryl methyl sites for hydroxylation is 1. The second-order valence-electron chi connectivity index (χ2n) is 6.02. The van der Waals surface area contributed by atoms with Gasteiger partial charge in [0.05, 0.1) is 24.7 Å². The summed E-state index contributed by atoms with van der Waals surface area (Å²) in [6.45, 7) is 1.78. The molecule has 9 nitrogen and oxygen atoms in total. The number of nitrogens with zero attached hydrogens (tertiary/aromatic N) is 4. The first-order valence-corrected chi connectivity index (χ1v) is 9.86. The van der Waals surface area contributed by atoms with E-state index < -0.39 is 16.1 Å². The highest BCUT2D eigenvalue weighted by atomic mass is 35.5. The summed E-state index contributed by atoms with van der Waals surface area (Å²) < 4.78 is 36.3. The predicted molar refractivity (Wildman–Crippen MR) is 106 cm³/mol. The highest BCUT2D eigenvalue weighted by Gasteiger charge is 2.31. The van der Waals surface area contributed by atoms with Crippen LogP contribution in [0.5, 0.6) is 5.75 Å². The second kappa shape index (κ2) is 7.28. The third-order valence-corrected chi connectivity index (χ3v) is 5.88. The Bertz CT molecular complexity index is 1120. The number of halogens is 1. The van der Waals surface area contributed by atoms with E-state index in [4.69, 9.17) is 16.3 Å². The number of amides is 1. The van der Waals surface area contributed by atoms with E-state index in [0.717, 1.165) is 4.31 Å². The maximum Gasteiger partial charge on any atom is 0.345 e. The Morgan fingerprint density at radius 1 is 1.29 bits per heavy atom. The van der Waals surface area contributed by atoms with Crippen LogP contribution in [0.15, 0.2) is 40.6 Å². The van der Waals surface area contributed by atoms with Crippen LogP contribution in [0.1, 0.15) is 11.3 Å². The van der Waals surface area contributed by atoms with Gasteiger partial charge in [0.1, 0.15) is 11.4 Å². The molecule has 0 radical (unpaired) electrons. The molecule has 28 heavy (non-hydrogen) atoms. The summed E-state index contributed by atoms with van der Waals surface area (Å²) in [6, 6.07) is 4.72. The Hall–Kier alpha value is -2.85. The molecule has 0 fully saturated rings. The second-order valence-corrected chi connectivity index (χ2v) is 8.08. The molecular weight excluding hydrogens is 406 g/mol.